The van der Waals surface area contributed by atoms with Crippen LogP contribution in [0.5, 0.6) is 0 Å². The molecule has 0 aliphatic carbocycles. The fourth-order valence-electron chi connectivity index (χ4n) is 8.39. The van der Waals surface area contributed by atoms with Crippen molar-refractivity contribution in [3.05, 3.63) is 0 Å². The summed E-state index contributed by atoms with van der Waals surface area (Å²) in [5, 5.41) is 10.8. The number of carboxylic acid groups (broad SMARTS) is 1. The van der Waals surface area contributed by atoms with Crippen LogP contribution in [0, 0.1) is 5.92 Å². The molecule has 61 heavy (non-hydrogen) atoms. The number of carbonyl (C=O) groups is 4. The van der Waals surface area contributed by atoms with Crippen molar-refractivity contribution in [2.24, 2.45) is 5.92 Å². The highest BCUT2D eigenvalue weighted by Crippen LogP contribution is 2.33. The number of ether oxygens (including phenoxy) is 3. The average Bonchev–Trinajstić information content (AvgIpc) is 3.25. The van der Waals surface area contributed by atoms with Crippen molar-refractivity contribution in [2.45, 2.75) is 297 Å². The van der Waals surface area contributed by atoms with Crippen molar-refractivity contribution in [1.29, 1.82) is 0 Å². The Morgan fingerprint density at radius 3 is 1.03 bits per heavy atom. The number of carbonyl (C=O) groups excluding carboxylic acids is 3. The van der Waals surface area contributed by atoms with Gasteiger partial charge < -0.3 is 19.3 Å². The summed E-state index contributed by atoms with van der Waals surface area (Å²) in [5.41, 5.74) is -2.79. The van der Waals surface area contributed by atoms with E-state index in [-0.39, 0.29) is 26.1 Å². The van der Waals surface area contributed by atoms with Crippen LogP contribution in [0.4, 0.5) is 0 Å². The summed E-state index contributed by atoms with van der Waals surface area (Å²) in [6.07, 6.45) is 43.6. The van der Waals surface area contributed by atoms with E-state index < -0.39 is 35.4 Å². The molecule has 1 N–H and O–H groups in total. The SMILES string of the molecule is CCCCCCCCCCCCCCCCCCOC(=O)C(OC(=O)CCCCC)(C(=O)O)C(CCCCCCCCCCCC)C(=O)OCCCCCCCCCCCC. The van der Waals surface area contributed by atoms with E-state index in [1.54, 1.807) is 0 Å². The molecule has 8 heteroatoms. The van der Waals surface area contributed by atoms with Crippen LogP contribution in [0.1, 0.15) is 291 Å². The average molecular weight is 865 g/mol. The smallest absolute Gasteiger partial charge is 0.363 e. The van der Waals surface area contributed by atoms with Crippen LogP contribution in [-0.2, 0) is 33.4 Å². The molecule has 0 aromatic carbocycles. The first kappa shape index (κ1) is 58.9. The highest BCUT2D eigenvalue weighted by atomic mass is 16.6. The quantitative estimate of drug-likeness (QED) is 0.0278. The minimum absolute atomic E-state index is 0.0122. The summed E-state index contributed by atoms with van der Waals surface area (Å²) < 4.78 is 17.1. The fraction of sp³-hybridized carbons (Fsp3) is 0.925. The van der Waals surface area contributed by atoms with Gasteiger partial charge in [-0.3, -0.25) is 9.59 Å². The zero-order valence-electron chi connectivity index (χ0n) is 40.8. The zero-order chi connectivity index (χ0) is 44.9. The van der Waals surface area contributed by atoms with Gasteiger partial charge in [0.1, 0.15) is 5.92 Å². The number of hydrogen-bond acceptors (Lipinski definition) is 7. The predicted octanol–water partition coefficient (Wildman–Crippen LogP) is 16.1. The van der Waals surface area contributed by atoms with E-state index in [0.717, 1.165) is 77.0 Å². The van der Waals surface area contributed by atoms with Gasteiger partial charge in [-0.1, -0.05) is 259 Å². The van der Waals surface area contributed by atoms with Gasteiger partial charge in [-0.25, -0.2) is 9.59 Å². The van der Waals surface area contributed by atoms with Gasteiger partial charge in [0.15, 0.2) is 0 Å². The van der Waals surface area contributed by atoms with Gasteiger partial charge >= 0.3 is 29.5 Å². The minimum Gasteiger partial charge on any atom is -0.478 e. The maximum atomic E-state index is 14.0. The second-order valence-electron chi connectivity index (χ2n) is 18.3. The summed E-state index contributed by atoms with van der Waals surface area (Å²) >= 11 is 0. The van der Waals surface area contributed by atoms with Crippen LogP contribution in [-0.4, -0.2) is 47.8 Å². The van der Waals surface area contributed by atoms with E-state index in [4.69, 9.17) is 14.2 Å². The summed E-state index contributed by atoms with van der Waals surface area (Å²) in [6.45, 7) is 8.87. The molecule has 8 nitrogen and oxygen atoms in total. The molecule has 360 valence electrons. The molecule has 0 aromatic heterocycles. The molecular weight excluding hydrogens is 765 g/mol. The van der Waals surface area contributed by atoms with Gasteiger partial charge in [-0.15, -0.1) is 0 Å². The van der Waals surface area contributed by atoms with Gasteiger partial charge in [-0.05, 0) is 25.7 Å². The Hall–Kier alpha value is -2.12. The number of carboxylic acids is 1. The standard InChI is InChI=1S/C53H100O8/c1-5-9-13-16-19-22-25-26-27-28-29-30-33-36-39-43-47-60-52(58)53(51(56)57,61-49(54)45-40-12-8-4)48(44-41-37-34-31-23-20-17-14-10-6-2)50(55)59-46-42-38-35-32-24-21-18-15-11-7-3/h48H,5-47H2,1-4H3,(H,56,57). The van der Waals surface area contributed by atoms with Crippen molar-refractivity contribution < 1.29 is 38.5 Å². The Morgan fingerprint density at radius 2 is 0.689 bits per heavy atom. The Kier molecular flexibility index (Phi) is 42.9. The van der Waals surface area contributed by atoms with Crippen molar-refractivity contribution in [2.75, 3.05) is 13.2 Å². The topological polar surface area (TPSA) is 116 Å². The van der Waals surface area contributed by atoms with Gasteiger partial charge in [0.25, 0.3) is 0 Å². The largest absolute Gasteiger partial charge is 0.478 e. The van der Waals surface area contributed by atoms with E-state index >= 15 is 0 Å². The van der Waals surface area contributed by atoms with Crippen LogP contribution < -0.4 is 0 Å². The maximum absolute atomic E-state index is 14.0. The van der Waals surface area contributed by atoms with Crippen LogP contribution in [0.25, 0.3) is 0 Å². The van der Waals surface area contributed by atoms with Crippen LogP contribution in [0.3, 0.4) is 0 Å². The van der Waals surface area contributed by atoms with E-state index in [1.807, 2.05) is 6.92 Å². The molecule has 2 atom stereocenters. The van der Waals surface area contributed by atoms with Crippen LogP contribution >= 0.6 is 0 Å². The Morgan fingerprint density at radius 1 is 0.393 bits per heavy atom. The van der Waals surface area contributed by atoms with Gasteiger partial charge in [0, 0.05) is 6.42 Å². The lowest BCUT2D eigenvalue weighted by Crippen LogP contribution is -2.59. The first-order chi connectivity index (χ1) is 29.8. The molecular formula is C53H100O8. The number of unbranched alkanes of at least 4 members (excludes halogenated alkanes) is 35. The zero-order valence-corrected chi connectivity index (χ0v) is 40.8. The van der Waals surface area contributed by atoms with Crippen molar-refractivity contribution >= 4 is 23.9 Å². The number of rotatable bonds is 48. The van der Waals surface area contributed by atoms with Gasteiger partial charge in [0.05, 0.1) is 13.2 Å². The summed E-state index contributed by atoms with van der Waals surface area (Å²) in [4.78, 5) is 54.5. The highest BCUT2D eigenvalue weighted by Gasteiger charge is 2.61. The third-order valence-corrected chi connectivity index (χ3v) is 12.5. The highest BCUT2D eigenvalue weighted by molar-refractivity contribution is 6.08. The number of esters is 3. The van der Waals surface area contributed by atoms with Crippen LogP contribution in [0.2, 0.25) is 0 Å². The van der Waals surface area contributed by atoms with Crippen molar-refractivity contribution in [3.8, 4) is 0 Å². The molecule has 2 unspecified atom stereocenters. The lowest BCUT2D eigenvalue weighted by atomic mass is 9.82. The lowest BCUT2D eigenvalue weighted by Gasteiger charge is -2.33. The second kappa shape index (κ2) is 44.5. The Labute approximate surface area is 376 Å². The molecule has 0 aromatic rings. The first-order valence-electron chi connectivity index (χ1n) is 26.6. The van der Waals surface area contributed by atoms with Crippen LogP contribution in [0.15, 0.2) is 0 Å². The van der Waals surface area contributed by atoms with E-state index in [2.05, 4.69) is 20.8 Å². The van der Waals surface area contributed by atoms with E-state index in [0.29, 0.717) is 25.7 Å². The van der Waals surface area contributed by atoms with E-state index in [9.17, 15) is 24.3 Å². The molecule has 0 spiro atoms. The molecule has 0 aliphatic rings. The summed E-state index contributed by atoms with van der Waals surface area (Å²) in [6, 6.07) is 0. The molecule has 0 saturated heterocycles. The first-order valence-corrected chi connectivity index (χ1v) is 26.6. The monoisotopic (exact) mass is 865 g/mol. The molecule has 0 aliphatic heterocycles. The molecule has 0 radical (unpaired) electrons. The van der Waals surface area contributed by atoms with Gasteiger partial charge in [0.2, 0.25) is 0 Å². The molecule has 0 heterocycles. The Balaban J connectivity index is 5.40. The summed E-state index contributed by atoms with van der Waals surface area (Å²) in [5.74, 6) is -5.92. The van der Waals surface area contributed by atoms with Crippen molar-refractivity contribution in [3.63, 3.8) is 0 Å². The Bertz CT molecular complexity index is 1010. The maximum Gasteiger partial charge on any atom is 0.363 e. The molecule has 0 bridgehead atoms. The third kappa shape index (κ3) is 33.1. The van der Waals surface area contributed by atoms with E-state index in [1.165, 1.54) is 148 Å². The summed E-state index contributed by atoms with van der Waals surface area (Å²) in [7, 11) is 0. The predicted molar refractivity (Wildman–Crippen MR) is 254 cm³/mol. The van der Waals surface area contributed by atoms with Gasteiger partial charge in [-0.2, -0.15) is 0 Å². The molecule has 0 amide bonds. The molecule has 0 rings (SSSR count). The number of aliphatic carboxylic acids is 1. The second-order valence-corrected chi connectivity index (χ2v) is 18.3. The molecule has 0 saturated carbocycles. The molecule has 0 fully saturated rings. The third-order valence-electron chi connectivity index (χ3n) is 12.5. The lowest BCUT2D eigenvalue weighted by molar-refractivity contribution is -0.206. The van der Waals surface area contributed by atoms with Crippen molar-refractivity contribution in [1.82, 2.24) is 0 Å². The fourth-order valence-corrected chi connectivity index (χ4v) is 8.39. The number of hydrogen-bond donors (Lipinski definition) is 1. The minimum atomic E-state index is -2.79. The normalized spacial score (nSPS) is 12.9.